The van der Waals surface area contributed by atoms with Crippen LogP contribution in [0.2, 0.25) is 0 Å². The van der Waals surface area contributed by atoms with Crippen LogP contribution in [0.3, 0.4) is 0 Å². The number of piperidine rings is 1. The van der Waals surface area contributed by atoms with Crippen molar-refractivity contribution in [1.82, 2.24) is 9.80 Å². The Bertz CT molecular complexity index is 373. The minimum absolute atomic E-state index is 0.243. The van der Waals surface area contributed by atoms with Crippen LogP contribution >= 0.6 is 0 Å². The topological polar surface area (TPSA) is 51.2 Å². The summed E-state index contributed by atoms with van der Waals surface area (Å²) in [5.74, 6) is 0.968. The highest BCUT2D eigenvalue weighted by Gasteiger charge is 2.25. The molecule has 1 atom stereocenters. The summed E-state index contributed by atoms with van der Waals surface area (Å²) >= 11 is 0. The van der Waals surface area contributed by atoms with Gasteiger partial charge in [-0.05, 0) is 31.6 Å². The summed E-state index contributed by atoms with van der Waals surface area (Å²) in [5, 5.41) is 0. The van der Waals surface area contributed by atoms with Crippen LogP contribution in [0.5, 0.6) is 0 Å². The Labute approximate surface area is 145 Å². The molecular weight excluding hydrogens is 308 g/mol. The quantitative estimate of drug-likeness (QED) is 0.651. The second kappa shape index (κ2) is 9.70. The molecule has 0 aromatic heterocycles. The van der Waals surface area contributed by atoms with Crippen molar-refractivity contribution >= 4 is 5.91 Å². The first-order valence-electron chi connectivity index (χ1n) is 9.58. The number of hydrogen-bond donors (Lipinski definition) is 0. The molecule has 0 aromatic carbocycles. The predicted octanol–water partition coefficient (Wildman–Crippen LogP) is 1.14. The number of rotatable bonds is 7. The van der Waals surface area contributed by atoms with E-state index in [1.54, 1.807) is 0 Å². The summed E-state index contributed by atoms with van der Waals surface area (Å²) in [6, 6.07) is 0. The van der Waals surface area contributed by atoms with E-state index in [1.165, 1.54) is 0 Å². The Morgan fingerprint density at radius 2 is 1.83 bits per heavy atom. The molecule has 1 unspecified atom stereocenters. The van der Waals surface area contributed by atoms with E-state index in [0.717, 1.165) is 84.1 Å². The molecule has 0 aliphatic carbocycles. The molecule has 0 saturated carbocycles. The first-order chi connectivity index (χ1) is 11.8. The molecule has 3 saturated heterocycles. The minimum Gasteiger partial charge on any atom is -0.379 e. The molecule has 138 valence electrons. The Kier molecular flexibility index (Phi) is 7.32. The number of carbonyl (C=O) groups excluding carboxylic acids is 1. The predicted molar refractivity (Wildman–Crippen MR) is 91.0 cm³/mol. The molecule has 3 rings (SSSR count). The second-order valence-corrected chi connectivity index (χ2v) is 7.20. The van der Waals surface area contributed by atoms with Gasteiger partial charge < -0.3 is 19.1 Å². The van der Waals surface area contributed by atoms with E-state index in [9.17, 15) is 4.79 Å². The maximum atomic E-state index is 12.3. The zero-order valence-electron chi connectivity index (χ0n) is 14.8. The minimum atomic E-state index is 0.243. The third-order valence-corrected chi connectivity index (χ3v) is 5.38. The summed E-state index contributed by atoms with van der Waals surface area (Å²) in [5.41, 5.74) is 0. The number of ether oxygens (including phenoxy) is 3. The molecule has 1 amide bonds. The number of amides is 1. The fourth-order valence-corrected chi connectivity index (χ4v) is 3.82. The number of morpholine rings is 1. The van der Waals surface area contributed by atoms with E-state index in [-0.39, 0.29) is 12.0 Å². The van der Waals surface area contributed by atoms with E-state index >= 15 is 0 Å². The summed E-state index contributed by atoms with van der Waals surface area (Å²) in [4.78, 5) is 16.8. The van der Waals surface area contributed by atoms with Crippen LogP contribution in [0.25, 0.3) is 0 Å². The molecule has 3 aliphatic heterocycles. The maximum Gasteiger partial charge on any atom is 0.224 e. The summed E-state index contributed by atoms with van der Waals surface area (Å²) < 4.78 is 16.5. The molecule has 0 radical (unpaired) electrons. The van der Waals surface area contributed by atoms with Crippen LogP contribution in [-0.4, -0.2) is 87.6 Å². The molecule has 3 fully saturated rings. The number of carbonyl (C=O) groups is 1. The van der Waals surface area contributed by atoms with Gasteiger partial charge in [-0.1, -0.05) is 0 Å². The molecule has 3 aliphatic rings. The Hall–Kier alpha value is -0.690. The Morgan fingerprint density at radius 1 is 1.04 bits per heavy atom. The Morgan fingerprint density at radius 3 is 2.54 bits per heavy atom. The van der Waals surface area contributed by atoms with Crippen molar-refractivity contribution in [3.8, 4) is 0 Å². The standard InChI is InChI=1S/C18H32N2O4/c21-18(5-11-23-15-17-2-1-10-24-17)20-6-3-16(4-7-20)14-19-8-12-22-13-9-19/h16-17H,1-15H2. The Balaban J connectivity index is 1.25. The highest BCUT2D eigenvalue weighted by atomic mass is 16.5. The first-order valence-corrected chi connectivity index (χ1v) is 9.58. The van der Waals surface area contributed by atoms with Gasteiger partial charge in [-0.2, -0.15) is 0 Å². The van der Waals surface area contributed by atoms with Gasteiger partial charge in [-0.15, -0.1) is 0 Å². The zero-order chi connectivity index (χ0) is 16.6. The number of hydrogen-bond acceptors (Lipinski definition) is 5. The first kappa shape index (κ1) is 18.1. The lowest BCUT2D eigenvalue weighted by Gasteiger charge is -2.36. The molecule has 24 heavy (non-hydrogen) atoms. The number of nitrogens with zero attached hydrogens (tertiary/aromatic N) is 2. The zero-order valence-corrected chi connectivity index (χ0v) is 14.8. The molecule has 6 nitrogen and oxygen atoms in total. The van der Waals surface area contributed by atoms with Crippen LogP contribution in [0.1, 0.15) is 32.1 Å². The van der Waals surface area contributed by atoms with E-state index in [4.69, 9.17) is 14.2 Å². The SMILES string of the molecule is O=C(CCOCC1CCCO1)N1CCC(CN2CCOCC2)CC1. The van der Waals surface area contributed by atoms with Gasteiger partial charge in [0.15, 0.2) is 0 Å². The smallest absolute Gasteiger partial charge is 0.224 e. The van der Waals surface area contributed by atoms with Crippen molar-refractivity contribution in [2.75, 3.05) is 65.8 Å². The van der Waals surface area contributed by atoms with Gasteiger partial charge in [-0.25, -0.2) is 0 Å². The third-order valence-electron chi connectivity index (χ3n) is 5.38. The monoisotopic (exact) mass is 340 g/mol. The molecule has 6 heteroatoms. The van der Waals surface area contributed by atoms with Gasteiger partial charge in [0, 0.05) is 39.3 Å². The van der Waals surface area contributed by atoms with Crippen molar-refractivity contribution in [2.24, 2.45) is 5.92 Å². The van der Waals surface area contributed by atoms with Crippen LogP contribution < -0.4 is 0 Å². The number of likely N-dealkylation sites (tertiary alicyclic amines) is 1. The normalized spacial score (nSPS) is 26.8. The van der Waals surface area contributed by atoms with Gasteiger partial charge in [0.25, 0.3) is 0 Å². The second-order valence-electron chi connectivity index (χ2n) is 7.20. The summed E-state index contributed by atoms with van der Waals surface area (Å²) in [6.45, 7) is 8.82. The highest BCUT2D eigenvalue weighted by molar-refractivity contribution is 5.76. The average molecular weight is 340 g/mol. The van der Waals surface area contributed by atoms with Crippen molar-refractivity contribution in [3.05, 3.63) is 0 Å². The average Bonchev–Trinajstić information content (AvgIpc) is 3.13. The van der Waals surface area contributed by atoms with Gasteiger partial charge in [0.2, 0.25) is 5.91 Å². The van der Waals surface area contributed by atoms with E-state index < -0.39 is 0 Å². The molecule has 0 bridgehead atoms. The van der Waals surface area contributed by atoms with E-state index in [0.29, 0.717) is 19.6 Å². The van der Waals surface area contributed by atoms with Crippen molar-refractivity contribution < 1.29 is 19.0 Å². The molecular formula is C18H32N2O4. The molecule has 0 spiro atoms. The van der Waals surface area contributed by atoms with Gasteiger partial charge in [-0.3, -0.25) is 9.69 Å². The largest absolute Gasteiger partial charge is 0.379 e. The molecule has 0 N–H and O–H groups in total. The van der Waals surface area contributed by atoms with E-state index in [2.05, 4.69) is 4.90 Å². The fraction of sp³-hybridized carbons (Fsp3) is 0.944. The molecule has 3 heterocycles. The van der Waals surface area contributed by atoms with Gasteiger partial charge in [0.05, 0.1) is 39.0 Å². The van der Waals surface area contributed by atoms with Crippen molar-refractivity contribution in [2.45, 2.75) is 38.2 Å². The van der Waals surface area contributed by atoms with Crippen LogP contribution in [0.15, 0.2) is 0 Å². The van der Waals surface area contributed by atoms with Gasteiger partial charge in [0.1, 0.15) is 0 Å². The maximum absolute atomic E-state index is 12.3. The van der Waals surface area contributed by atoms with Crippen LogP contribution in [0.4, 0.5) is 0 Å². The van der Waals surface area contributed by atoms with Crippen molar-refractivity contribution in [3.63, 3.8) is 0 Å². The van der Waals surface area contributed by atoms with E-state index in [1.807, 2.05) is 4.90 Å². The summed E-state index contributed by atoms with van der Waals surface area (Å²) in [6.07, 6.45) is 5.22. The lowest BCUT2D eigenvalue weighted by atomic mass is 9.96. The summed E-state index contributed by atoms with van der Waals surface area (Å²) in [7, 11) is 0. The molecule has 0 aromatic rings. The van der Waals surface area contributed by atoms with Crippen LogP contribution in [-0.2, 0) is 19.0 Å². The van der Waals surface area contributed by atoms with Crippen LogP contribution in [0, 0.1) is 5.92 Å². The van der Waals surface area contributed by atoms with Crippen molar-refractivity contribution in [1.29, 1.82) is 0 Å². The third kappa shape index (κ3) is 5.69. The highest BCUT2D eigenvalue weighted by Crippen LogP contribution is 2.19. The van der Waals surface area contributed by atoms with Gasteiger partial charge >= 0.3 is 0 Å². The lowest BCUT2D eigenvalue weighted by Crippen LogP contribution is -2.44. The lowest BCUT2D eigenvalue weighted by molar-refractivity contribution is -0.134. The fourth-order valence-electron chi connectivity index (χ4n) is 3.82.